The first-order chi connectivity index (χ1) is 11.6. The molecule has 122 valence electrons. The Bertz CT molecular complexity index is 857. The van der Waals surface area contributed by atoms with E-state index in [1.54, 1.807) is 12.4 Å². The standard InChI is InChI=1S/C17H15FN4O2/c1-2-11-15(10-6-8-19-9-7-10)21-22-16(11)20-17(24)14-12(18)4-3-5-13(14)23/h3-9,23H,2H2,1H3,(H2,20,21,22,24). The molecule has 0 bridgehead atoms. The minimum absolute atomic E-state index is 0.303. The minimum Gasteiger partial charge on any atom is -0.507 e. The summed E-state index contributed by atoms with van der Waals surface area (Å²) in [7, 11) is 0. The predicted octanol–water partition coefficient (Wildman–Crippen LogP) is 3.13. The van der Waals surface area contributed by atoms with E-state index in [1.807, 2.05) is 19.1 Å². The van der Waals surface area contributed by atoms with Crippen molar-refractivity contribution in [2.75, 3.05) is 5.32 Å². The number of halogens is 1. The fourth-order valence-corrected chi connectivity index (χ4v) is 2.48. The van der Waals surface area contributed by atoms with Crippen molar-refractivity contribution >= 4 is 11.7 Å². The van der Waals surface area contributed by atoms with Gasteiger partial charge in [0.1, 0.15) is 17.1 Å². The summed E-state index contributed by atoms with van der Waals surface area (Å²) >= 11 is 0. The lowest BCUT2D eigenvalue weighted by Gasteiger charge is -2.07. The first-order valence-corrected chi connectivity index (χ1v) is 7.38. The molecule has 2 heterocycles. The van der Waals surface area contributed by atoms with Crippen LogP contribution < -0.4 is 5.32 Å². The number of hydrogen-bond donors (Lipinski definition) is 3. The molecule has 6 nitrogen and oxygen atoms in total. The number of nitrogens with one attached hydrogen (secondary N) is 2. The third-order valence-corrected chi connectivity index (χ3v) is 3.64. The third kappa shape index (κ3) is 2.83. The number of aromatic amines is 1. The van der Waals surface area contributed by atoms with Gasteiger partial charge in [-0.3, -0.25) is 14.9 Å². The van der Waals surface area contributed by atoms with E-state index < -0.39 is 23.0 Å². The van der Waals surface area contributed by atoms with Crippen molar-refractivity contribution in [3.8, 4) is 17.0 Å². The van der Waals surface area contributed by atoms with Gasteiger partial charge in [0, 0.05) is 23.5 Å². The van der Waals surface area contributed by atoms with Crippen molar-refractivity contribution in [1.29, 1.82) is 0 Å². The number of hydrogen-bond acceptors (Lipinski definition) is 4. The first kappa shape index (κ1) is 15.7. The van der Waals surface area contributed by atoms with E-state index in [0.29, 0.717) is 12.2 Å². The Morgan fingerprint density at radius 2 is 2.04 bits per heavy atom. The van der Waals surface area contributed by atoms with Crippen LogP contribution in [0.3, 0.4) is 0 Å². The number of aromatic nitrogens is 3. The van der Waals surface area contributed by atoms with Gasteiger partial charge in [-0.25, -0.2) is 4.39 Å². The van der Waals surface area contributed by atoms with Crippen molar-refractivity contribution < 1.29 is 14.3 Å². The average molecular weight is 326 g/mol. The molecule has 1 amide bonds. The number of pyridine rings is 1. The van der Waals surface area contributed by atoms with Crippen molar-refractivity contribution in [2.24, 2.45) is 0 Å². The van der Waals surface area contributed by atoms with Crippen LogP contribution in [0.1, 0.15) is 22.8 Å². The topological polar surface area (TPSA) is 90.9 Å². The number of benzene rings is 1. The number of carbonyl (C=O) groups is 1. The van der Waals surface area contributed by atoms with Gasteiger partial charge in [-0.05, 0) is 30.7 Å². The minimum atomic E-state index is -0.796. The van der Waals surface area contributed by atoms with Crippen molar-refractivity contribution in [3.05, 3.63) is 59.7 Å². The second kappa shape index (κ2) is 6.49. The number of anilines is 1. The van der Waals surface area contributed by atoms with Gasteiger partial charge in [-0.2, -0.15) is 5.10 Å². The van der Waals surface area contributed by atoms with Crippen LogP contribution in [0.15, 0.2) is 42.7 Å². The molecule has 0 unspecified atom stereocenters. The fraction of sp³-hybridized carbons (Fsp3) is 0.118. The van der Waals surface area contributed by atoms with Crippen LogP contribution in [-0.4, -0.2) is 26.2 Å². The number of phenolic OH excluding ortho intramolecular Hbond substituents is 1. The van der Waals surface area contributed by atoms with E-state index in [9.17, 15) is 14.3 Å². The summed E-state index contributed by atoms with van der Waals surface area (Å²) in [6.07, 6.45) is 3.92. The van der Waals surface area contributed by atoms with Crippen LogP contribution in [-0.2, 0) is 6.42 Å². The molecule has 3 N–H and O–H groups in total. The third-order valence-electron chi connectivity index (χ3n) is 3.64. The molecule has 0 aliphatic heterocycles. The number of rotatable bonds is 4. The number of aromatic hydroxyl groups is 1. The van der Waals surface area contributed by atoms with Crippen molar-refractivity contribution in [3.63, 3.8) is 0 Å². The summed E-state index contributed by atoms with van der Waals surface area (Å²) in [6.45, 7) is 1.92. The summed E-state index contributed by atoms with van der Waals surface area (Å²) in [6, 6.07) is 7.34. The summed E-state index contributed by atoms with van der Waals surface area (Å²) in [5.41, 5.74) is 2.01. The normalized spacial score (nSPS) is 10.6. The maximum atomic E-state index is 13.8. The number of nitrogens with zero attached hydrogens (tertiary/aromatic N) is 2. The highest BCUT2D eigenvalue weighted by Gasteiger charge is 2.20. The monoisotopic (exact) mass is 326 g/mol. The van der Waals surface area contributed by atoms with Crippen LogP contribution in [0.5, 0.6) is 5.75 Å². The van der Waals surface area contributed by atoms with Gasteiger partial charge in [0.2, 0.25) is 0 Å². The molecular weight excluding hydrogens is 311 g/mol. The first-order valence-electron chi connectivity index (χ1n) is 7.38. The van der Waals surface area contributed by atoms with Crippen molar-refractivity contribution in [1.82, 2.24) is 15.2 Å². The SMILES string of the molecule is CCc1c(NC(=O)c2c(O)cccc2F)n[nH]c1-c1ccncc1. The molecule has 0 spiro atoms. The Balaban J connectivity index is 1.94. The van der Waals surface area contributed by atoms with E-state index in [1.165, 1.54) is 12.1 Å². The summed E-state index contributed by atoms with van der Waals surface area (Å²) in [5, 5.41) is 19.3. The zero-order valence-electron chi connectivity index (χ0n) is 12.9. The van der Waals surface area contributed by atoms with Crippen LogP contribution in [0, 0.1) is 5.82 Å². The highest BCUT2D eigenvalue weighted by atomic mass is 19.1. The molecule has 1 aromatic carbocycles. The molecule has 3 aromatic rings. The lowest BCUT2D eigenvalue weighted by molar-refractivity contribution is 0.102. The number of phenols is 1. The lowest BCUT2D eigenvalue weighted by atomic mass is 10.1. The molecule has 0 radical (unpaired) electrons. The molecule has 0 saturated carbocycles. The van der Waals surface area contributed by atoms with Crippen LogP contribution in [0.25, 0.3) is 11.3 Å². The van der Waals surface area contributed by atoms with Gasteiger partial charge < -0.3 is 10.4 Å². The summed E-state index contributed by atoms with van der Waals surface area (Å²) in [4.78, 5) is 16.3. The Morgan fingerprint density at radius 3 is 2.71 bits per heavy atom. The second-order valence-electron chi connectivity index (χ2n) is 5.10. The zero-order valence-corrected chi connectivity index (χ0v) is 12.9. The van der Waals surface area contributed by atoms with Gasteiger partial charge in [-0.15, -0.1) is 0 Å². The Labute approximate surface area is 137 Å². The van der Waals surface area contributed by atoms with E-state index in [0.717, 1.165) is 22.9 Å². The van der Waals surface area contributed by atoms with E-state index in [2.05, 4.69) is 20.5 Å². The summed E-state index contributed by atoms with van der Waals surface area (Å²) in [5.74, 6) is -1.67. The lowest BCUT2D eigenvalue weighted by Crippen LogP contribution is -2.15. The number of carbonyl (C=O) groups excluding carboxylic acids is 1. The highest BCUT2D eigenvalue weighted by molar-refractivity contribution is 6.06. The molecule has 24 heavy (non-hydrogen) atoms. The maximum absolute atomic E-state index is 13.8. The Hall–Kier alpha value is -3.22. The van der Waals surface area contributed by atoms with Gasteiger partial charge in [0.15, 0.2) is 5.82 Å². The summed E-state index contributed by atoms with van der Waals surface area (Å²) < 4.78 is 13.8. The van der Waals surface area contributed by atoms with Gasteiger partial charge in [0.05, 0.1) is 5.69 Å². The molecule has 0 aliphatic carbocycles. The zero-order chi connectivity index (χ0) is 17.1. The van der Waals surface area contributed by atoms with Gasteiger partial charge in [-0.1, -0.05) is 13.0 Å². The second-order valence-corrected chi connectivity index (χ2v) is 5.10. The van der Waals surface area contributed by atoms with E-state index in [-0.39, 0.29) is 0 Å². The number of amides is 1. The van der Waals surface area contributed by atoms with E-state index >= 15 is 0 Å². The van der Waals surface area contributed by atoms with Crippen molar-refractivity contribution in [2.45, 2.75) is 13.3 Å². The molecule has 0 fully saturated rings. The molecule has 7 heteroatoms. The maximum Gasteiger partial charge on any atom is 0.263 e. The average Bonchev–Trinajstić information content (AvgIpc) is 2.98. The molecule has 2 aromatic heterocycles. The van der Waals surface area contributed by atoms with Crippen LogP contribution in [0.4, 0.5) is 10.2 Å². The quantitative estimate of drug-likeness (QED) is 0.687. The Morgan fingerprint density at radius 1 is 1.29 bits per heavy atom. The van der Waals surface area contributed by atoms with Crippen LogP contribution >= 0.6 is 0 Å². The molecule has 3 rings (SSSR count). The smallest absolute Gasteiger partial charge is 0.263 e. The molecular formula is C17H15FN4O2. The largest absolute Gasteiger partial charge is 0.507 e. The van der Waals surface area contributed by atoms with E-state index in [4.69, 9.17) is 0 Å². The highest BCUT2D eigenvalue weighted by Crippen LogP contribution is 2.28. The molecule has 0 atom stereocenters. The van der Waals surface area contributed by atoms with Crippen LogP contribution in [0.2, 0.25) is 0 Å². The molecule has 0 saturated heterocycles. The van der Waals surface area contributed by atoms with Gasteiger partial charge in [0.25, 0.3) is 5.91 Å². The fourth-order valence-electron chi connectivity index (χ4n) is 2.48. The molecule has 0 aliphatic rings. The number of H-pyrrole nitrogens is 1. The Kier molecular flexibility index (Phi) is 4.24. The van der Waals surface area contributed by atoms with Gasteiger partial charge >= 0.3 is 0 Å². The predicted molar refractivity (Wildman–Crippen MR) is 87.2 cm³/mol.